The van der Waals surface area contributed by atoms with Crippen LogP contribution in [-0.2, 0) is 9.53 Å². The Morgan fingerprint density at radius 1 is 1.00 bits per heavy atom. The summed E-state index contributed by atoms with van der Waals surface area (Å²) in [5.74, 6) is 1.69. The van der Waals surface area contributed by atoms with E-state index in [-0.39, 0.29) is 19.1 Å². The van der Waals surface area contributed by atoms with Gasteiger partial charge in [0, 0.05) is 16.9 Å². The summed E-state index contributed by atoms with van der Waals surface area (Å²) < 4.78 is 17.9. The number of carbonyl (C=O) groups is 2. The van der Waals surface area contributed by atoms with Gasteiger partial charge in [-0.15, -0.1) is 0 Å². The average Bonchev–Trinajstić information content (AvgIpc) is 2.85. The molecule has 9 heteroatoms. The number of anilines is 2. The van der Waals surface area contributed by atoms with Crippen LogP contribution in [0, 0.1) is 0 Å². The first-order valence-corrected chi connectivity index (χ1v) is 13.0. The van der Waals surface area contributed by atoms with Crippen LogP contribution in [0.25, 0.3) is 0 Å². The Hall–Kier alpha value is -3.04. The van der Waals surface area contributed by atoms with Crippen molar-refractivity contribution in [2.24, 2.45) is 0 Å². The molecular formula is C27H28Br2N2O5. The van der Waals surface area contributed by atoms with Crippen molar-refractivity contribution in [2.45, 2.75) is 26.7 Å². The Bertz CT molecular complexity index is 1200. The summed E-state index contributed by atoms with van der Waals surface area (Å²) in [5.41, 5.74) is 2.10. The number of hydrogen-bond acceptors (Lipinski definition) is 5. The Labute approximate surface area is 228 Å². The molecule has 0 aliphatic heterocycles. The number of nitrogens with zero attached hydrogens (tertiary/aromatic N) is 1. The first kappa shape index (κ1) is 27.5. The minimum Gasteiger partial charge on any atom is -0.496 e. The minimum atomic E-state index is -0.521. The van der Waals surface area contributed by atoms with E-state index in [1.54, 1.807) is 38.3 Å². The normalized spacial score (nSPS) is 10.6. The molecule has 0 atom stereocenters. The molecule has 0 spiro atoms. The monoisotopic (exact) mass is 618 g/mol. The number of ether oxygens (including phenoxy) is 3. The van der Waals surface area contributed by atoms with Crippen molar-refractivity contribution in [3.63, 3.8) is 0 Å². The summed E-state index contributed by atoms with van der Waals surface area (Å²) in [4.78, 5) is 26.8. The zero-order valence-corrected chi connectivity index (χ0v) is 23.7. The molecule has 0 saturated carbocycles. The molecule has 0 heterocycles. The SMILES string of the molecule is CCOC(=O)CN(C(=O)Nc1ccccc1)c1cc(Br)c(Oc2ccc(OC)c(C(C)C)c2)c(Br)c1. The number of carbonyl (C=O) groups excluding carboxylic acids is 2. The average molecular weight is 620 g/mol. The van der Waals surface area contributed by atoms with E-state index in [0.29, 0.717) is 31.8 Å². The van der Waals surface area contributed by atoms with Crippen molar-refractivity contribution in [3.8, 4) is 17.2 Å². The third kappa shape index (κ3) is 7.01. The highest BCUT2D eigenvalue weighted by Crippen LogP contribution is 2.41. The Morgan fingerprint density at radius 2 is 1.67 bits per heavy atom. The molecule has 3 rings (SSSR count). The lowest BCUT2D eigenvalue weighted by atomic mass is 10.0. The van der Waals surface area contributed by atoms with Crippen molar-refractivity contribution in [1.29, 1.82) is 0 Å². The van der Waals surface area contributed by atoms with Crippen molar-refractivity contribution >= 4 is 55.2 Å². The van der Waals surface area contributed by atoms with Gasteiger partial charge in [0.25, 0.3) is 0 Å². The van der Waals surface area contributed by atoms with E-state index in [1.165, 1.54) is 4.90 Å². The van der Waals surface area contributed by atoms with Gasteiger partial charge in [0.1, 0.15) is 18.0 Å². The highest BCUT2D eigenvalue weighted by atomic mass is 79.9. The third-order valence-corrected chi connectivity index (χ3v) is 6.38. The van der Waals surface area contributed by atoms with E-state index < -0.39 is 12.0 Å². The molecule has 2 amide bonds. The van der Waals surface area contributed by atoms with E-state index in [2.05, 4.69) is 51.0 Å². The van der Waals surface area contributed by atoms with Gasteiger partial charge in [-0.2, -0.15) is 0 Å². The number of nitrogens with one attached hydrogen (secondary N) is 1. The quantitative estimate of drug-likeness (QED) is 0.248. The zero-order chi connectivity index (χ0) is 26.2. The maximum Gasteiger partial charge on any atom is 0.326 e. The summed E-state index contributed by atoms with van der Waals surface area (Å²) in [6.45, 7) is 5.84. The van der Waals surface area contributed by atoms with Crippen LogP contribution in [0.5, 0.6) is 17.2 Å². The first-order valence-electron chi connectivity index (χ1n) is 11.4. The van der Waals surface area contributed by atoms with Gasteiger partial charge in [0.2, 0.25) is 0 Å². The number of urea groups is 1. The lowest BCUT2D eigenvalue weighted by Crippen LogP contribution is -2.39. The van der Waals surface area contributed by atoms with Crippen molar-refractivity contribution in [1.82, 2.24) is 0 Å². The van der Waals surface area contributed by atoms with Gasteiger partial charge in [0.05, 0.1) is 22.7 Å². The molecule has 0 radical (unpaired) electrons. The molecule has 1 N–H and O–H groups in total. The van der Waals surface area contributed by atoms with Gasteiger partial charge >= 0.3 is 12.0 Å². The molecule has 3 aromatic carbocycles. The lowest BCUT2D eigenvalue weighted by molar-refractivity contribution is -0.141. The molecule has 190 valence electrons. The van der Waals surface area contributed by atoms with Crippen LogP contribution in [0.1, 0.15) is 32.3 Å². The van der Waals surface area contributed by atoms with E-state index in [9.17, 15) is 9.59 Å². The fourth-order valence-corrected chi connectivity index (χ4v) is 4.80. The minimum absolute atomic E-state index is 0.216. The molecule has 3 aromatic rings. The third-order valence-electron chi connectivity index (χ3n) is 5.20. The number of halogens is 2. The highest BCUT2D eigenvalue weighted by Gasteiger charge is 2.23. The Morgan fingerprint density at radius 3 is 2.25 bits per heavy atom. The van der Waals surface area contributed by atoms with Crippen LogP contribution in [0.2, 0.25) is 0 Å². The van der Waals surface area contributed by atoms with E-state index in [0.717, 1.165) is 11.3 Å². The number of amides is 2. The van der Waals surface area contributed by atoms with E-state index >= 15 is 0 Å². The predicted molar refractivity (Wildman–Crippen MR) is 148 cm³/mol. The molecule has 0 aliphatic carbocycles. The second kappa shape index (κ2) is 12.8. The fraction of sp³-hybridized carbons (Fsp3) is 0.259. The number of rotatable bonds is 9. The fourth-order valence-electron chi connectivity index (χ4n) is 3.47. The second-order valence-electron chi connectivity index (χ2n) is 8.09. The van der Waals surface area contributed by atoms with E-state index in [4.69, 9.17) is 14.2 Å². The smallest absolute Gasteiger partial charge is 0.326 e. The highest BCUT2D eigenvalue weighted by molar-refractivity contribution is 9.11. The van der Waals surface area contributed by atoms with Crippen molar-refractivity contribution < 1.29 is 23.8 Å². The standard InChI is InChI=1S/C27H28Br2N2O5/c1-5-35-25(32)16-31(27(33)30-18-9-7-6-8-10-18)19-13-22(28)26(23(29)14-19)36-20-11-12-24(34-4)21(15-20)17(2)3/h6-15,17H,5,16H2,1-4H3,(H,30,33). The molecule has 7 nitrogen and oxygen atoms in total. The zero-order valence-electron chi connectivity index (χ0n) is 20.5. The van der Waals surface area contributed by atoms with Crippen LogP contribution in [-0.4, -0.2) is 32.3 Å². The van der Waals surface area contributed by atoms with Gasteiger partial charge in [-0.1, -0.05) is 32.0 Å². The molecule has 0 bridgehead atoms. The van der Waals surface area contributed by atoms with Crippen molar-refractivity contribution in [3.05, 3.63) is 75.2 Å². The van der Waals surface area contributed by atoms with Crippen LogP contribution in [0.15, 0.2) is 69.6 Å². The Balaban J connectivity index is 1.92. The summed E-state index contributed by atoms with van der Waals surface area (Å²) in [7, 11) is 1.64. The maximum absolute atomic E-state index is 13.1. The number of para-hydroxylation sites is 1. The molecule has 0 saturated heterocycles. The molecular weight excluding hydrogens is 592 g/mol. The number of esters is 1. The summed E-state index contributed by atoms with van der Waals surface area (Å²) in [6.07, 6.45) is 0. The van der Waals surface area contributed by atoms with Crippen LogP contribution in [0.3, 0.4) is 0 Å². The van der Waals surface area contributed by atoms with Gasteiger partial charge < -0.3 is 19.5 Å². The van der Waals surface area contributed by atoms with Gasteiger partial charge in [-0.3, -0.25) is 9.69 Å². The molecule has 0 aromatic heterocycles. The van der Waals surface area contributed by atoms with Gasteiger partial charge in [-0.05, 0) is 87.2 Å². The predicted octanol–water partition coefficient (Wildman–Crippen LogP) is 7.74. The number of benzene rings is 3. The largest absolute Gasteiger partial charge is 0.496 e. The second-order valence-corrected chi connectivity index (χ2v) is 9.80. The Kier molecular flexibility index (Phi) is 9.78. The molecule has 36 heavy (non-hydrogen) atoms. The van der Waals surface area contributed by atoms with Crippen molar-refractivity contribution in [2.75, 3.05) is 30.5 Å². The molecule has 0 unspecified atom stereocenters. The first-order chi connectivity index (χ1) is 17.2. The summed E-state index contributed by atoms with van der Waals surface area (Å²) in [6, 6.07) is 17.6. The van der Waals surface area contributed by atoms with Crippen LogP contribution in [0.4, 0.5) is 16.2 Å². The lowest BCUT2D eigenvalue weighted by Gasteiger charge is -2.24. The van der Waals surface area contributed by atoms with Crippen LogP contribution >= 0.6 is 31.9 Å². The van der Waals surface area contributed by atoms with Gasteiger partial charge in [0.15, 0.2) is 5.75 Å². The topological polar surface area (TPSA) is 77.1 Å². The molecule has 0 fully saturated rings. The number of methoxy groups -OCH3 is 1. The van der Waals surface area contributed by atoms with Crippen LogP contribution < -0.4 is 19.7 Å². The summed E-state index contributed by atoms with van der Waals surface area (Å²) in [5, 5.41) is 2.81. The summed E-state index contributed by atoms with van der Waals surface area (Å²) >= 11 is 7.12. The number of hydrogen-bond donors (Lipinski definition) is 1. The molecule has 0 aliphatic rings. The maximum atomic E-state index is 13.1. The van der Waals surface area contributed by atoms with E-state index in [1.807, 2.05) is 36.4 Å². The van der Waals surface area contributed by atoms with Gasteiger partial charge in [-0.25, -0.2) is 4.79 Å².